The molecule has 0 fully saturated rings. The Morgan fingerprint density at radius 2 is 2.05 bits per heavy atom. The molecule has 0 unspecified atom stereocenters. The van der Waals surface area contributed by atoms with Crippen molar-refractivity contribution in [1.29, 1.82) is 0 Å². The van der Waals surface area contributed by atoms with Crippen LogP contribution in [0.5, 0.6) is 5.75 Å². The molecular formula is C13H15N5O4. The third-order valence-electron chi connectivity index (χ3n) is 2.82. The Morgan fingerprint density at radius 3 is 2.64 bits per heavy atom. The van der Waals surface area contributed by atoms with Crippen LogP contribution in [-0.2, 0) is 22.7 Å². The first-order valence-corrected chi connectivity index (χ1v) is 6.43. The number of amides is 1. The van der Waals surface area contributed by atoms with Gasteiger partial charge in [-0.1, -0.05) is 12.1 Å². The van der Waals surface area contributed by atoms with Crippen molar-refractivity contribution < 1.29 is 19.4 Å². The summed E-state index contributed by atoms with van der Waals surface area (Å²) in [6, 6.07) is 6.88. The van der Waals surface area contributed by atoms with Gasteiger partial charge < -0.3 is 14.7 Å². The summed E-state index contributed by atoms with van der Waals surface area (Å²) < 4.78 is 6.39. The quantitative estimate of drug-likeness (QED) is 0.753. The van der Waals surface area contributed by atoms with Crippen LogP contribution >= 0.6 is 0 Å². The lowest BCUT2D eigenvalue weighted by atomic mass is 10.2. The number of aromatic nitrogens is 4. The van der Waals surface area contributed by atoms with Crippen LogP contribution < -0.4 is 4.74 Å². The first-order valence-electron chi connectivity index (χ1n) is 6.43. The minimum Gasteiger partial charge on any atom is -0.482 e. The van der Waals surface area contributed by atoms with Gasteiger partial charge in [0.1, 0.15) is 18.6 Å². The molecule has 0 aliphatic carbocycles. The molecule has 0 spiro atoms. The molecule has 1 aromatic heterocycles. The number of hydrogen-bond acceptors (Lipinski definition) is 6. The smallest absolute Gasteiger partial charge is 0.341 e. The maximum Gasteiger partial charge on any atom is 0.341 e. The van der Waals surface area contributed by atoms with Gasteiger partial charge in [-0.05, 0) is 28.1 Å². The minimum absolute atomic E-state index is 0.0727. The van der Waals surface area contributed by atoms with Gasteiger partial charge in [-0.25, -0.2) is 9.48 Å². The number of ether oxygens (including phenoxy) is 1. The average molecular weight is 305 g/mol. The van der Waals surface area contributed by atoms with E-state index in [1.165, 1.54) is 11.0 Å². The van der Waals surface area contributed by atoms with Gasteiger partial charge >= 0.3 is 5.97 Å². The third kappa shape index (κ3) is 4.54. The molecule has 22 heavy (non-hydrogen) atoms. The molecule has 0 saturated carbocycles. The van der Waals surface area contributed by atoms with Gasteiger partial charge in [-0.2, -0.15) is 0 Å². The van der Waals surface area contributed by atoms with Crippen molar-refractivity contribution in [2.24, 2.45) is 0 Å². The van der Waals surface area contributed by atoms with Crippen molar-refractivity contribution >= 4 is 11.9 Å². The van der Waals surface area contributed by atoms with Gasteiger partial charge in [0.25, 0.3) is 0 Å². The lowest BCUT2D eigenvalue weighted by molar-refractivity contribution is -0.139. The number of carboxylic acid groups (broad SMARTS) is 1. The number of carboxylic acids is 1. The second kappa shape index (κ2) is 7.16. The third-order valence-corrected chi connectivity index (χ3v) is 2.82. The van der Waals surface area contributed by atoms with Crippen molar-refractivity contribution in [3.05, 3.63) is 36.2 Å². The molecule has 0 saturated heterocycles. The fourth-order valence-electron chi connectivity index (χ4n) is 1.71. The molecule has 1 aromatic carbocycles. The second-order valence-corrected chi connectivity index (χ2v) is 4.58. The molecule has 0 radical (unpaired) electrons. The van der Waals surface area contributed by atoms with Crippen LogP contribution in [0.3, 0.4) is 0 Å². The van der Waals surface area contributed by atoms with Crippen LogP contribution in [-0.4, -0.2) is 55.7 Å². The van der Waals surface area contributed by atoms with Crippen molar-refractivity contribution in [1.82, 2.24) is 25.1 Å². The van der Waals surface area contributed by atoms with Crippen molar-refractivity contribution in [2.45, 2.75) is 13.1 Å². The fraction of sp³-hybridized carbons (Fsp3) is 0.308. The molecule has 0 atom stereocenters. The predicted molar refractivity (Wildman–Crippen MR) is 73.9 cm³/mol. The molecule has 0 aliphatic heterocycles. The highest BCUT2D eigenvalue weighted by Crippen LogP contribution is 2.13. The first-order chi connectivity index (χ1) is 10.5. The molecule has 1 N–H and O–H groups in total. The summed E-state index contributed by atoms with van der Waals surface area (Å²) in [6.45, 7) is 0.104. The van der Waals surface area contributed by atoms with Crippen LogP contribution in [0.1, 0.15) is 5.56 Å². The molecule has 2 rings (SSSR count). The van der Waals surface area contributed by atoms with Crippen molar-refractivity contribution in [3.63, 3.8) is 0 Å². The number of carbonyl (C=O) groups is 2. The summed E-state index contributed by atoms with van der Waals surface area (Å²) >= 11 is 0. The summed E-state index contributed by atoms with van der Waals surface area (Å²) in [7, 11) is 1.68. The number of aliphatic carboxylic acids is 1. The van der Waals surface area contributed by atoms with Crippen LogP contribution in [0.25, 0.3) is 0 Å². The maximum atomic E-state index is 12.0. The Kier molecular flexibility index (Phi) is 5.02. The Morgan fingerprint density at radius 1 is 1.32 bits per heavy atom. The van der Waals surface area contributed by atoms with Crippen LogP contribution in [0, 0.1) is 0 Å². The molecule has 2 aromatic rings. The maximum absolute atomic E-state index is 12.0. The van der Waals surface area contributed by atoms with E-state index in [2.05, 4.69) is 15.5 Å². The Labute approximate surface area is 126 Å². The number of tetrazole rings is 1. The van der Waals surface area contributed by atoms with Crippen LogP contribution in [0.15, 0.2) is 30.6 Å². The SMILES string of the molecule is CN(Cc1ccc(OCC(=O)O)cc1)C(=O)Cn1cnnn1. The predicted octanol–water partition coefficient (Wildman–Crippen LogP) is -0.205. The van der Waals surface area contributed by atoms with Gasteiger partial charge in [0, 0.05) is 13.6 Å². The van der Waals surface area contributed by atoms with Gasteiger partial charge in [0.15, 0.2) is 6.61 Å². The number of rotatable bonds is 7. The van der Waals surface area contributed by atoms with E-state index in [-0.39, 0.29) is 19.1 Å². The molecule has 0 aliphatic rings. The van der Waals surface area contributed by atoms with Gasteiger partial charge in [-0.3, -0.25) is 4.79 Å². The molecule has 0 bridgehead atoms. The van der Waals surface area contributed by atoms with E-state index in [4.69, 9.17) is 9.84 Å². The number of likely N-dealkylation sites (N-methyl/N-ethyl adjacent to an activating group) is 1. The number of hydrogen-bond donors (Lipinski definition) is 1. The molecule has 1 amide bonds. The lowest BCUT2D eigenvalue weighted by Crippen LogP contribution is -2.30. The summed E-state index contributed by atoms with van der Waals surface area (Å²) in [5, 5.41) is 19.1. The second-order valence-electron chi connectivity index (χ2n) is 4.58. The normalized spacial score (nSPS) is 10.2. The van der Waals surface area contributed by atoms with Crippen molar-refractivity contribution in [3.8, 4) is 5.75 Å². The lowest BCUT2D eigenvalue weighted by Gasteiger charge is -2.17. The molecular weight excluding hydrogens is 290 g/mol. The zero-order chi connectivity index (χ0) is 15.9. The Balaban J connectivity index is 1.86. The standard InChI is InChI=1S/C13H15N5O4/c1-17(12(19)7-18-9-14-15-16-18)6-10-2-4-11(5-3-10)22-8-13(20)21/h2-5,9H,6-8H2,1H3,(H,20,21). The van der Waals surface area contributed by atoms with Gasteiger partial charge in [0.2, 0.25) is 5.91 Å². The minimum atomic E-state index is -1.03. The first kappa shape index (κ1) is 15.4. The monoisotopic (exact) mass is 305 g/mol. The van der Waals surface area contributed by atoms with Gasteiger partial charge in [0.05, 0.1) is 0 Å². The van der Waals surface area contributed by atoms with Gasteiger partial charge in [-0.15, -0.1) is 5.10 Å². The molecule has 9 heteroatoms. The fourth-order valence-corrected chi connectivity index (χ4v) is 1.71. The van der Waals surface area contributed by atoms with E-state index in [0.717, 1.165) is 5.56 Å². The summed E-state index contributed by atoms with van der Waals surface area (Å²) in [6.07, 6.45) is 1.38. The number of carbonyl (C=O) groups excluding carboxylic acids is 1. The number of benzene rings is 1. The summed E-state index contributed by atoms with van der Waals surface area (Å²) in [5.74, 6) is -0.690. The highest BCUT2D eigenvalue weighted by Gasteiger charge is 2.11. The molecule has 9 nitrogen and oxygen atoms in total. The van der Waals surface area contributed by atoms with E-state index in [0.29, 0.717) is 12.3 Å². The highest BCUT2D eigenvalue weighted by molar-refractivity contribution is 5.75. The van der Waals surface area contributed by atoms with E-state index >= 15 is 0 Å². The summed E-state index contributed by atoms with van der Waals surface area (Å²) in [4.78, 5) is 23.9. The zero-order valence-corrected chi connectivity index (χ0v) is 11.9. The average Bonchev–Trinajstić information content (AvgIpc) is 2.99. The van der Waals surface area contributed by atoms with Crippen LogP contribution in [0.2, 0.25) is 0 Å². The van der Waals surface area contributed by atoms with E-state index in [1.54, 1.807) is 36.2 Å². The highest BCUT2D eigenvalue weighted by atomic mass is 16.5. The van der Waals surface area contributed by atoms with Crippen LogP contribution in [0.4, 0.5) is 0 Å². The largest absolute Gasteiger partial charge is 0.482 e. The van der Waals surface area contributed by atoms with E-state index in [1.807, 2.05) is 0 Å². The zero-order valence-electron chi connectivity index (χ0n) is 11.9. The number of nitrogens with zero attached hydrogens (tertiary/aromatic N) is 5. The van der Waals surface area contributed by atoms with E-state index < -0.39 is 5.97 Å². The summed E-state index contributed by atoms with van der Waals surface area (Å²) in [5.41, 5.74) is 0.898. The van der Waals surface area contributed by atoms with Crippen molar-refractivity contribution in [2.75, 3.05) is 13.7 Å². The Hall–Kier alpha value is -2.97. The van der Waals surface area contributed by atoms with E-state index in [9.17, 15) is 9.59 Å². The molecule has 116 valence electrons. The molecule has 1 heterocycles. The topological polar surface area (TPSA) is 110 Å². The Bertz CT molecular complexity index is 626.